The molecule has 1 aromatic heterocycles. The Bertz CT molecular complexity index is 1100. The molecule has 4 rings (SSSR count). The van der Waals surface area contributed by atoms with Crippen LogP contribution in [0.25, 0.3) is 21.9 Å². The molecule has 0 aliphatic carbocycles. The lowest BCUT2D eigenvalue weighted by atomic mass is 9.86. The molecule has 0 radical (unpaired) electrons. The average molecular weight is 343 g/mol. The van der Waals surface area contributed by atoms with Crippen molar-refractivity contribution in [2.45, 2.75) is 33.1 Å². The first-order valence-corrected chi connectivity index (χ1v) is 9.12. The van der Waals surface area contributed by atoms with Gasteiger partial charge in [-0.3, -0.25) is 0 Å². The Morgan fingerprint density at radius 3 is 2.04 bits per heavy atom. The van der Waals surface area contributed by atoms with Gasteiger partial charge in [-0.1, -0.05) is 69.3 Å². The van der Waals surface area contributed by atoms with Gasteiger partial charge in [-0.05, 0) is 30.0 Å². The molecule has 0 amide bonds. The predicted molar refractivity (Wildman–Crippen MR) is 112 cm³/mol. The molecular formula is C24H25NO. The molecule has 2 nitrogen and oxygen atoms in total. The fraction of sp³-hybridized carbons (Fsp3) is 0.250. The van der Waals surface area contributed by atoms with Crippen LogP contribution in [0.4, 0.5) is 11.4 Å². The summed E-state index contributed by atoms with van der Waals surface area (Å²) < 4.78 is 6.48. The van der Waals surface area contributed by atoms with Crippen LogP contribution < -0.4 is 4.90 Å². The number of hydrogen-bond donors (Lipinski definition) is 0. The van der Waals surface area contributed by atoms with Crippen molar-refractivity contribution >= 4 is 33.3 Å². The molecule has 2 heteroatoms. The van der Waals surface area contributed by atoms with E-state index in [4.69, 9.17) is 4.42 Å². The standard InChI is InChI=1S/C24H25NO/c1-16-10-6-7-14-20(16)25(5)21-15-9-12-18-17-11-8-13-19(24(2,3)4)22(17)26-23(18)21/h6-15H,1-5H3. The number of para-hydroxylation sites is 3. The van der Waals surface area contributed by atoms with E-state index in [1.54, 1.807) is 0 Å². The Morgan fingerprint density at radius 1 is 0.731 bits per heavy atom. The molecule has 26 heavy (non-hydrogen) atoms. The van der Waals surface area contributed by atoms with Crippen LogP contribution in [0.3, 0.4) is 0 Å². The summed E-state index contributed by atoms with van der Waals surface area (Å²) in [5, 5.41) is 2.36. The molecule has 0 aliphatic heterocycles. The molecule has 0 spiro atoms. The molecule has 3 aromatic carbocycles. The second kappa shape index (κ2) is 5.91. The number of fused-ring (bicyclic) bond motifs is 3. The minimum atomic E-state index is 0.0372. The summed E-state index contributed by atoms with van der Waals surface area (Å²) in [6.07, 6.45) is 0. The van der Waals surface area contributed by atoms with Crippen LogP contribution in [0.2, 0.25) is 0 Å². The van der Waals surface area contributed by atoms with E-state index in [2.05, 4.69) is 100 Å². The summed E-state index contributed by atoms with van der Waals surface area (Å²) in [4.78, 5) is 2.22. The summed E-state index contributed by atoms with van der Waals surface area (Å²) in [5.74, 6) is 0. The first kappa shape index (κ1) is 16.7. The molecule has 4 aromatic rings. The number of nitrogens with zero attached hydrogens (tertiary/aromatic N) is 1. The summed E-state index contributed by atoms with van der Waals surface area (Å²) in [7, 11) is 2.11. The minimum Gasteiger partial charge on any atom is -0.454 e. The van der Waals surface area contributed by atoms with Gasteiger partial charge in [0.25, 0.3) is 0 Å². The molecule has 0 saturated carbocycles. The largest absolute Gasteiger partial charge is 0.454 e. The quantitative estimate of drug-likeness (QED) is 0.391. The Morgan fingerprint density at radius 2 is 1.35 bits per heavy atom. The maximum absolute atomic E-state index is 6.48. The Labute approximate surface area is 155 Å². The van der Waals surface area contributed by atoms with Crippen molar-refractivity contribution in [3.8, 4) is 0 Å². The minimum absolute atomic E-state index is 0.0372. The van der Waals surface area contributed by atoms with Crippen LogP contribution in [-0.2, 0) is 5.41 Å². The van der Waals surface area contributed by atoms with Crippen molar-refractivity contribution in [2.24, 2.45) is 0 Å². The third-order valence-electron chi connectivity index (χ3n) is 5.15. The second-order valence-corrected chi connectivity index (χ2v) is 8.03. The highest BCUT2D eigenvalue weighted by Crippen LogP contribution is 2.41. The molecule has 0 aliphatic rings. The van der Waals surface area contributed by atoms with Crippen molar-refractivity contribution in [3.63, 3.8) is 0 Å². The van der Waals surface area contributed by atoms with Crippen molar-refractivity contribution in [3.05, 3.63) is 71.8 Å². The van der Waals surface area contributed by atoms with E-state index in [0.29, 0.717) is 0 Å². The molecule has 0 N–H and O–H groups in total. The molecule has 0 unspecified atom stereocenters. The van der Waals surface area contributed by atoms with Gasteiger partial charge in [0.2, 0.25) is 0 Å². The number of hydrogen-bond acceptors (Lipinski definition) is 2. The van der Waals surface area contributed by atoms with Gasteiger partial charge in [-0.15, -0.1) is 0 Å². The van der Waals surface area contributed by atoms with Crippen LogP contribution in [0.5, 0.6) is 0 Å². The highest BCUT2D eigenvalue weighted by molar-refractivity contribution is 6.10. The summed E-state index contributed by atoms with van der Waals surface area (Å²) in [5.41, 5.74) is 6.76. The van der Waals surface area contributed by atoms with Gasteiger partial charge >= 0.3 is 0 Å². The topological polar surface area (TPSA) is 16.4 Å². The summed E-state index contributed by atoms with van der Waals surface area (Å²) in [6.45, 7) is 8.84. The van der Waals surface area contributed by atoms with Gasteiger partial charge in [0.15, 0.2) is 5.58 Å². The van der Waals surface area contributed by atoms with E-state index in [-0.39, 0.29) is 5.41 Å². The maximum Gasteiger partial charge on any atom is 0.159 e. The molecule has 1 heterocycles. The molecule has 0 bridgehead atoms. The highest BCUT2D eigenvalue weighted by atomic mass is 16.3. The molecule has 0 saturated heterocycles. The van der Waals surface area contributed by atoms with Crippen molar-refractivity contribution in [1.82, 2.24) is 0 Å². The SMILES string of the molecule is Cc1ccccc1N(C)c1cccc2c1oc1c(C(C)(C)C)cccc12. The van der Waals surface area contributed by atoms with E-state index < -0.39 is 0 Å². The lowest BCUT2D eigenvalue weighted by molar-refractivity contribution is 0.573. The van der Waals surface area contributed by atoms with Gasteiger partial charge in [0.05, 0.1) is 5.69 Å². The van der Waals surface area contributed by atoms with Gasteiger partial charge in [-0.25, -0.2) is 0 Å². The fourth-order valence-electron chi connectivity index (χ4n) is 3.73. The van der Waals surface area contributed by atoms with Crippen LogP contribution >= 0.6 is 0 Å². The number of rotatable bonds is 2. The van der Waals surface area contributed by atoms with Gasteiger partial charge in [0.1, 0.15) is 5.58 Å². The average Bonchev–Trinajstić information content (AvgIpc) is 2.99. The summed E-state index contributed by atoms with van der Waals surface area (Å²) >= 11 is 0. The maximum atomic E-state index is 6.48. The summed E-state index contributed by atoms with van der Waals surface area (Å²) in [6, 6.07) is 21.3. The Hall–Kier alpha value is -2.74. The zero-order valence-corrected chi connectivity index (χ0v) is 16.1. The number of furan rings is 1. The van der Waals surface area contributed by atoms with E-state index in [9.17, 15) is 0 Å². The van der Waals surface area contributed by atoms with Crippen molar-refractivity contribution in [2.75, 3.05) is 11.9 Å². The monoisotopic (exact) mass is 343 g/mol. The van der Waals surface area contributed by atoms with Crippen LogP contribution in [-0.4, -0.2) is 7.05 Å². The number of anilines is 2. The third kappa shape index (κ3) is 2.57. The zero-order chi connectivity index (χ0) is 18.5. The van der Waals surface area contributed by atoms with Crippen LogP contribution in [0, 0.1) is 6.92 Å². The molecule has 132 valence electrons. The number of benzene rings is 3. The van der Waals surface area contributed by atoms with Crippen LogP contribution in [0.15, 0.2) is 65.1 Å². The molecule has 0 fully saturated rings. The second-order valence-electron chi connectivity index (χ2n) is 8.03. The molecular weight excluding hydrogens is 318 g/mol. The van der Waals surface area contributed by atoms with Gasteiger partial charge in [0, 0.05) is 29.1 Å². The first-order chi connectivity index (χ1) is 12.4. The van der Waals surface area contributed by atoms with Crippen molar-refractivity contribution in [1.29, 1.82) is 0 Å². The van der Waals surface area contributed by atoms with Crippen LogP contribution in [0.1, 0.15) is 31.9 Å². The van der Waals surface area contributed by atoms with Gasteiger partial charge < -0.3 is 9.32 Å². The Kier molecular flexibility index (Phi) is 3.80. The van der Waals surface area contributed by atoms with Crippen molar-refractivity contribution < 1.29 is 4.42 Å². The van der Waals surface area contributed by atoms with E-state index in [1.165, 1.54) is 27.6 Å². The van der Waals surface area contributed by atoms with Gasteiger partial charge in [-0.2, -0.15) is 0 Å². The normalized spacial score (nSPS) is 12.0. The van der Waals surface area contributed by atoms with E-state index in [1.807, 2.05) is 0 Å². The Balaban J connectivity index is 1.99. The lowest BCUT2D eigenvalue weighted by Crippen LogP contribution is -2.11. The van der Waals surface area contributed by atoms with E-state index in [0.717, 1.165) is 16.9 Å². The highest BCUT2D eigenvalue weighted by Gasteiger charge is 2.22. The number of aryl methyl sites for hydroxylation is 1. The third-order valence-corrected chi connectivity index (χ3v) is 5.15. The lowest BCUT2D eigenvalue weighted by Gasteiger charge is -2.21. The smallest absolute Gasteiger partial charge is 0.159 e. The zero-order valence-electron chi connectivity index (χ0n) is 16.1. The fourth-order valence-corrected chi connectivity index (χ4v) is 3.73. The predicted octanol–water partition coefficient (Wildman–Crippen LogP) is 6.96. The van der Waals surface area contributed by atoms with E-state index >= 15 is 0 Å². The molecule has 0 atom stereocenters. The first-order valence-electron chi connectivity index (χ1n) is 9.12.